The fourth-order valence-corrected chi connectivity index (χ4v) is 2.55. The predicted molar refractivity (Wildman–Crippen MR) is 79.9 cm³/mol. The first kappa shape index (κ1) is 16.9. The van der Waals surface area contributed by atoms with Crippen LogP contribution in [0, 0.1) is 11.7 Å². The molecule has 0 aliphatic carbocycles. The molecule has 2 atom stereocenters. The van der Waals surface area contributed by atoms with Gasteiger partial charge in [0, 0.05) is 25.9 Å². The summed E-state index contributed by atoms with van der Waals surface area (Å²) < 4.78 is 13.0. The molecule has 2 N–H and O–H groups in total. The van der Waals surface area contributed by atoms with E-state index in [9.17, 15) is 23.9 Å². The monoisotopic (exact) mass is 322 g/mol. The Bertz CT molecular complexity index is 631. The fourth-order valence-electron chi connectivity index (χ4n) is 2.55. The molecule has 1 aromatic carbocycles. The number of carboxylic acids is 1. The van der Waals surface area contributed by atoms with Gasteiger partial charge in [-0.05, 0) is 31.0 Å². The topological polar surface area (TPSA) is 86.7 Å². The van der Waals surface area contributed by atoms with Crippen LogP contribution in [0.15, 0.2) is 24.3 Å². The second-order valence-electron chi connectivity index (χ2n) is 5.93. The largest absolute Gasteiger partial charge is 0.479 e. The third-order valence-corrected chi connectivity index (χ3v) is 4.25. The van der Waals surface area contributed by atoms with Crippen LogP contribution in [0.3, 0.4) is 0 Å². The van der Waals surface area contributed by atoms with Gasteiger partial charge in [0.2, 0.25) is 11.8 Å². The van der Waals surface area contributed by atoms with Crippen molar-refractivity contribution in [2.45, 2.75) is 25.3 Å². The number of piperidine rings is 1. The Labute approximate surface area is 133 Å². The highest BCUT2D eigenvalue weighted by molar-refractivity contribution is 5.91. The molecule has 1 heterocycles. The molecule has 7 heteroatoms. The van der Waals surface area contributed by atoms with Gasteiger partial charge >= 0.3 is 5.97 Å². The van der Waals surface area contributed by atoms with Crippen molar-refractivity contribution in [1.82, 2.24) is 10.2 Å². The lowest BCUT2D eigenvalue weighted by Crippen LogP contribution is -2.53. The van der Waals surface area contributed by atoms with Crippen molar-refractivity contribution in [3.05, 3.63) is 35.6 Å². The van der Waals surface area contributed by atoms with E-state index in [4.69, 9.17) is 0 Å². The molecule has 2 amide bonds. The van der Waals surface area contributed by atoms with E-state index >= 15 is 0 Å². The molecule has 2 rings (SSSR count). The number of amides is 2. The first-order valence-corrected chi connectivity index (χ1v) is 7.29. The summed E-state index contributed by atoms with van der Waals surface area (Å²) in [6.45, 7) is 1.80. The first-order chi connectivity index (χ1) is 10.7. The van der Waals surface area contributed by atoms with Crippen molar-refractivity contribution in [2.75, 3.05) is 13.6 Å². The van der Waals surface area contributed by atoms with E-state index in [1.807, 2.05) is 0 Å². The van der Waals surface area contributed by atoms with Gasteiger partial charge in [0.05, 0.1) is 0 Å². The molecule has 1 aliphatic rings. The summed E-state index contributed by atoms with van der Waals surface area (Å²) in [5.74, 6) is -2.93. The Morgan fingerprint density at radius 2 is 1.96 bits per heavy atom. The Morgan fingerprint density at radius 1 is 1.35 bits per heavy atom. The Balaban J connectivity index is 2.19. The SMILES string of the molecule is CN1CCC(C(=O)NC(C)(C(=O)O)c2ccc(F)cc2)CC1=O. The van der Waals surface area contributed by atoms with Crippen molar-refractivity contribution in [3.8, 4) is 0 Å². The molecule has 0 saturated carbocycles. The highest BCUT2D eigenvalue weighted by Crippen LogP contribution is 2.24. The number of hydrogen-bond acceptors (Lipinski definition) is 3. The number of benzene rings is 1. The zero-order chi connectivity index (χ0) is 17.2. The molecule has 23 heavy (non-hydrogen) atoms. The van der Waals surface area contributed by atoms with Crippen LogP contribution in [0.1, 0.15) is 25.3 Å². The number of likely N-dealkylation sites (tertiary alicyclic amines) is 1. The van der Waals surface area contributed by atoms with Gasteiger partial charge in [-0.2, -0.15) is 0 Å². The molecule has 0 aromatic heterocycles. The van der Waals surface area contributed by atoms with Gasteiger partial charge in [0.25, 0.3) is 0 Å². The van der Waals surface area contributed by atoms with Gasteiger partial charge in [-0.25, -0.2) is 9.18 Å². The number of aliphatic carboxylic acids is 1. The molecule has 6 nitrogen and oxygen atoms in total. The maximum absolute atomic E-state index is 13.0. The van der Waals surface area contributed by atoms with Gasteiger partial charge in [0.15, 0.2) is 5.54 Å². The van der Waals surface area contributed by atoms with Crippen LogP contribution < -0.4 is 5.32 Å². The summed E-state index contributed by atoms with van der Waals surface area (Å²) in [6.07, 6.45) is 0.536. The maximum atomic E-state index is 13.0. The Kier molecular flexibility index (Phi) is 4.68. The van der Waals surface area contributed by atoms with Crippen LogP contribution >= 0.6 is 0 Å². The van der Waals surface area contributed by atoms with Crippen LogP contribution in [0.4, 0.5) is 4.39 Å². The number of carbonyl (C=O) groups excluding carboxylic acids is 2. The summed E-state index contributed by atoms with van der Waals surface area (Å²) in [4.78, 5) is 37.3. The molecular formula is C16H19FN2O4. The number of carboxylic acid groups (broad SMARTS) is 1. The third kappa shape index (κ3) is 3.49. The maximum Gasteiger partial charge on any atom is 0.333 e. The quantitative estimate of drug-likeness (QED) is 0.869. The molecule has 1 aromatic rings. The van der Waals surface area contributed by atoms with E-state index in [2.05, 4.69) is 5.32 Å². The van der Waals surface area contributed by atoms with Crippen LogP contribution in [-0.2, 0) is 19.9 Å². The summed E-state index contributed by atoms with van der Waals surface area (Å²) >= 11 is 0. The number of carbonyl (C=O) groups is 3. The van der Waals surface area contributed by atoms with E-state index in [0.717, 1.165) is 12.1 Å². The molecule has 1 fully saturated rings. The van der Waals surface area contributed by atoms with Crippen molar-refractivity contribution < 1.29 is 23.9 Å². The van der Waals surface area contributed by atoms with Crippen molar-refractivity contribution in [3.63, 3.8) is 0 Å². The van der Waals surface area contributed by atoms with E-state index in [1.54, 1.807) is 11.9 Å². The lowest BCUT2D eigenvalue weighted by atomic mass is 9.89. The smallest absolute Gasteiger partial charge is 0.333 e. The third-order valence-electron chi connectivity index (χ3n) is 4.25. The average molecular weight is 322 g/mol. The summed E-state index contributed by atoms with van der Waals surface area (Å²) in [5, 5.41) is 12.0. The summed E-state index contributed by atoms with van der Waals surface area (Å²) in [5.41, 5.74) is -1.42. The van der Waals surface area contributed by atoms with Gasteiger partial charge in [-0.15, -0.1) is 0 Å². The van der Waals surface area contributed by atoms with Crippen LogP contribution in [-0.4, -0.2) is 41.4 Å². The Hall–Kier alpha value is -2.44. The predicted octanol–water partition coefficient (Wildman–Crippen LogP) is 1.11. The lowest BCUT2D eigenvalue weighted by molar-refractivity contribution is -0.149. The van der Waals surface area contributed by atoms with Gasteiger partial charge < -0.3 is 15.3 Å². The minimum atomic E-state index is -1.68. The first-order valence-electron chi connectivity index (χ1n) is 7.29. The highest BCUT2D eigenvalue weighted by atomic mass is 19.1. The second kappa shape index (κ2) is 6.36. The highest BCUT2D eigenvalue weighted by Gasteiger charge is 2.39. The zero-order valence-corrected chi connectivity index (χ0v) is 13.0. The minimum absolute atomic E-state index is 0.0570. The number of halogens is 1. The molecule has 0 spiro atoms. The summed E-state index contributed by atoms with van der Waals surface area (Å²) in [6, 6.07) is 4.93. The Morgan fingerprint density at radius 3 is 2.48 bits per heavy atom. The molecular weight excluding hydrogens is 303 g/mol. The van der Waals surface area contributed by atoms with Crippen LogP contribution in [0.5, 0.6) is 0 Å². The number of nitrogens with zero attached hydrogens (tertiary/aromatic N) is 1. The molecule has 2 unspecified atom stereocenters. The average Bonchev–Trinajstić information content (AvgIpc) is 2.50. The molecule has 124 valence electrons. The van der Waals surface area contributed by atoms with Crippen molar-refractivity contribution >= 4 is 17.8 Å². The second-order valence-corrected chi connectivity index (χ2v) is 5.93. The minimum Gasteiger partial charge on any atom is -0.479 e. The molecule has 1 saturated heterocycles. The van der Waals surface area contributed by atoms with E-state index < -0.39 is 29.2 Å². The number of nitrogens with one attached hydrogen (secondary N) is 1. The fraction of sp³-hybridized carbons (Fsp3) is 0.438. The lowest BCUT2D eigenvalue weighted by Gasteiger charge is -2.32. The van der Waals surface area contributed by atoms with E-state index in [0.29, 0.717) is 13.0 Å². The van der Waals surface area contributed by atoms with Crippen molar-refractivity contribution in [1.29, 1.82) is 0 Å². The molecule has 0 bridgehead atoms. The summed E-state index contributed by atoms with van der Waals surface area (Å²) in [7, 11) is 1.66. The van der Waals surface area contributed by atoms with Gasteiger partial charge in [-0.1, -0.05) is 12.1 Å². The normalized spacial score (nSPS) is 20.7. The van der Waals surface area contributed by atoms with Crippen molar-refractivity contribution in [2.24, 2.45) is 5.92 Å². The standard InChI is InChI=1S/C16H19FN2O4/c1-16(15(22)23,11-3-5-12(17)6-4-11)18-14(21)10-7-8-19(2)13(20)9-10/h3-6,10H,7-9H2,1-2H3,(H,18,21)(H,22,23). The van der Waals surface area contributed by atoms with Crippen LogP contribution in [0.2, 0.25) is 0 Å². The number of hydrogen-bond donors (Lipinski definition) is 2. The molecule has 1 aliphatic heterocycles. The van der Waals surface area contributed by atoms with E-state index in [1.165, 1.54) is 19.1 Å². The molecule has 0 radical (unpaired) electrons. The van der Waals surface area contributed by atoms with E-state index in [-0.39, 0.29) is 17.9 Å². The zero-order valence-electron chi connectivity index (χ0n) is 13.0. The number of rotatable bonds is 4. The van der Waals surface area contributed by atoms with Crippen LogP contribution in [0.25, 0.3) is 0 Å². The van der Waals surface area contributed by atoms with Gasteiger partial charge in [0.1, 0.15) is 5.82 Å². The van der Waals surface area contributed by atoms with Gasteiger partial charge in [-0.3, -0.25) is 9.59 Å².